The van der Waals surface area contributed by atoms with Crippen LogP contribution < -0.4 is 10.6 Å². The van der Waals surface area contributed by atoms with Gasteiger partial charge in [0.25, 0.3) is 11.8 Å². The molecule has 0 saturated carbocycles. The van der Waals surface area contributed by atoms with E-state index in [1.54, 1.807) is 24.3 Å². The van der Waals surface area contributed by atoms with Gasteiger partial charge in [0.1, 0.15) is 5.82 Å². The standard InChI is InChI=1S/C23H14F4N2O2S/c24-17-7-3-2-6-15(17)21(30)28-14-9-10-18(16(12-14)23(25,26)27)29-22(31)20-11-13-5-1-4-8-19(13)32-20/h1-12H,(H,28,30)(H,29,31). The first-order valence-electron chi connectivity index (χ1n) is 9.29. The number of rotatable bonds is 4. The van der Waals surface area contributed by atoms with Crippen LogP contribution in [0.3, 0.4) is 0 Å². The lowest BCUT2D eigenvalue weighted by atomic mass is 10.1. The summed E-state index contributed by atoms with van der Waals surface area (Å²) in [5.41, 5.74) is -2.09. The molecule has 3 aromatic carbocycles. The Morgan fingerprint density at radius 1 is 0.812 bits per heavy atom. The topological polar surface area (TPSA) is 58.2 Å². The number of hydrogen-bond acceptors (Lipinski definition) is 3. The Morgan fingerprint density at radius 3 is 2.25 bits per heavy atom. The number of benzene rings is 3. The number of anilines is 2. The van der Waals surface area contributed by atoms with Crippen LogP contribution in [0, 0.1) is 5.82 Å². The summed E-state index contributed by atoms with van der Waals surface area (Å²) in [6, 6.07) is 16.9. The van der Waals surface area contributed by atoms with E-state index in [2.05, 4.69) is 10.6 Å². The van der Waals surface area contributed by atoms with Crippen LogP contribution >= 0.6 is 11.3 Å². The molecular formula is C23H14F4N2O2S. The van der Waals surface area contributed by atoms with Gasteiger partial charge in [0.2, 0.25) is 0 Å². The van der Waals surface area contributed by atoms with Crippen LogP contribution in [0.25, 0.3) is 10.1 Å². The lowest BCUT2D eigenvalue weighted by molar-refractivity contribution is -0.136. The van der Waals surface area contributed by atoms with E-state index in [4.69, 9.17) is 0 Å². The monoisotopic (exact) mass is 458 g/mol. The molecule has 1 heterocycles. The highest BCUT2D eigenvalue weighted by molar-refractivity contribution is 7.20. The number of fused-ring (bicyclic) bond motifs is 1. The first-order valence-corrected chi connectivity index (χ1v) is 10.1. The largest absolute Gasteiger partial charge is 0.418 e. The fourth-order valence-electron chi connectivity index (χ4n) is 3.09. The van der Waals surface area contributed by atoms with Crippen molar-refractivity contribution in [3.8, 4) is 0 Å². The molecule has 0 aliphatic rings. The summed E-state index contributed by atoms with van der Waals surface area (Å²) in [6.07, 6.45) is -4.80. The van der Waals surface area contributed by atoms with Crippen molar-refractivity contribution in [2.75, 3.05) is 10.6 Å². The van der Waals surface area contributed by atoms with Crippen molar-refractivity contribution in [3.63, 3.8) is 0 Å². The van der Waals surface area contributed by atoms with Crippen LogP contribution in [0.2, 0.25) is 0 Å². The summed E-state index contributed by atoms with van der Waals surface area (Å²) in [6.45, 7) is 0. The first kappa shape index (κ1) is 21.5. The Balaban J connectivity index is 1.60. The Labute approximate surface area is 183 Å². The fraction of sp³-hybridized carbons (Fsp3) is 0.0435. The van der Waals surface area contributed by atoms with Crippen molar-refractivity contribution >= 4 is 44.6 Å². The molecule has 2 N–H and O–H groups in total. The van der Waals surface area contributed by atoms with Gasteiger partial charge in [-0.1, -0.05) is 30.3 Å². The summed E-state index contributed by atoms with van der Waals surface area (Å²) >= 11 is 1.16. The fourth-order valence-corrected chi connectivity index (χ4v) is 4.04. The zero-order chi connectivity index (χ0) is 22.9. The molecule has 2 amide bonds. The maximum atomic E-state index is 13.8. The minimum Gasteiger partial charge on any atom is -0.322 e. The molecule has 0 unspecified atom stereocenters. The van der Waals surface area contributed by atoms with E-state index in [0.717, 1.165) is 33.6 Å². The van der Waals surface area contributed by atoms with Crippen molar-refractivity contribution in [1.29, 1.82) is 0 Å². The zero-order valence-corrected chi connectivity index (χ0v) is 17.0. The van der Waals surface area contributed by atoms with Crippen LogP contribution in [-0.4, -0.2) is 11.8 Å². The number of hydrogen-bond donors (Lipinski definition) is 2. The molecule has 4 aromatic rings. The molecule has 4 rings (SSSR count). The maximum absolute atomic E-state index is 13.8. The predicted octanol–water partition coefficient (Wildman–Crippen LogP) is 6.56. The predicted molar refractivity (Wildman–Crippen MR) is 116 cm³/mol. The third-order valence-corrected chi connectivity index (χ3v) is 5.71. The van der Waals surface area contributed by atoms with Gasteiger partial charge in [-0.05, 0) is 47.9 Å². The van der Waals surface area contributed by atoms with E-state index in [9.17, 15) is 27.2 Å². The van der Waals surface area contributed by atoms with Gasteiger partial charge in [0.15, 0.2) is 0 Å². The van der Waals surface area contributed by atoms with E-state index >= 15 is 0 Å². The lowest BCUT2D eigenvalue weighted by Gasteiger charge is -2.15. The lowest BCUT2D eigenvalue weighted by Crippen LogP contribution is -2.18. The minimum absolute atomic E-state index is 0.189. The molecule has 0 fully saturated rings. The van der Waals surface area contributed by atoms with E-state index in [1.165, 1.54) is 24.3 Å². The third-order valence-electron chi connectivity index (χ3n) is 4.60. The van der Waals surface area contributed by atoms with Gasteiger partial charge >= 0.3 is 6.18 Å². The highest BCUT2D eigenvalue weighted by atomic mass is 32.1. The molecule has 0 saturated heterocycles. The van der Waals surface area contributed by atoms with Crippen molar-refractivity contribution < 1.29 is 27.2 Å². The molecule has 0 atom stereocenters. The molecule has 0 spiro atoms. The van der Waals surface area contributed by atoms with Crippen molar-refractivity contribution in [2.45, 2.75) is 6.18 Å². The van der Waals surface area contributed by atoms with Gasteiger partial charge < -0.3 is 10.6 Å². The van der Waals surface area contributed by atoms with E-state index < -0.39 is 35.1 Å². The molecule has 162 valence electrons. The second-order valence-corrected chi connectivity index (χ2v) is 7.88. The van der Waals surface area contributed by atoms with Gasteiger partial charge in [-0.25, -0.2) is 4.39 Å². The van der Waals surface area contributed by atoms with Crippen LogP contribution in [-0.2, 0) is 6.18 Å². The average Bonchev–Trinajstić information content (AvgIpc) is 3.19. The van der Waals surface area contributed by atoms with Crippen molar-refractivity contribution in [3.05, 3.63) is 94.6 Å². The molecule has 9 heteroatoms. The summed E-state index contributed by atoms with van der Waals surface area (Å²) < 4.78 is 55.6. The van der Waals surface area contributed by atoms with Gasteiger partial charge in [-0.15, -0.1) is 11.3 Å². The highest BCUT2D eigenvalue weighted by Crippen LogP contribution is 2.37. The van der Waals surface area contributed by atoms with Crippen molar-refractivity contribution in [1.82, 2.24) is 0 Å². The number of amides is 2. The highest BCUT2D eigenvalue weighted by Gasteiger charge is 2.34. The second kappa shape index (κ2) is 8.43. The third kappa shape index (κ3) is 4.47. The number of thiophene rings is 1. The van der Waals surface area contributed by atoms with Gasteiger partial charge in [-0.3, -0.25) is 9.59 Å². The van der Waals surface area contributed by atoms with Crippen LogP contribution in [0.4, 0.5) is 28.9 Å². The minimum atomic E-state index is -4.80. The Hall–Kier alpha value is -3.72. The smallest absolute Gasteiger partial charge is 0.322 e. The molecule has 4 nitrogen and oxygen atoms in total. The quantitative estimate of drug-likeness (QED) is 0.340. The van der Waals surface area contributed by atoms with E-state index in [-0.39, 0.29) is 16.1 Å². The summed E-state index contributed by atoms with van der Waals surface area (Å²) in [7, 11) is 0. The average molecular weight is 458 g/mol. The molecule has 0 aliphatic carbocycles. The Bertz CT molecular complexity index is 1300. The summed E-state index contributed by atoms with van der Waals surface area (Å²) in [4.78, 5) is 25.1. The molecule has 0 radical (unpaired) electrons. The first-order chi connectivity index (χ1) is 15.2. The molecule has 1 aromatic heterocycles. The number of halogens is 4. The Morgan fingerprint density at radius 2 is 1.53 bits per heavy atom. The molecule has 32 heavy (non-hydrogen) atoms. The van der Waals surface area contributed by atoms with Gasteiger partial charge in [0.05, 0.1) is 21.7 Å². The number of nitrogens with one attached hydrogen (secondary N) is 2. The van der Waals surface area contributed by atoms with E-state index in [0.29, 0.717) is 6.07 Å². The molecule has 0 aliphatic heterocycles. The molecule has 0 bridgehead atoms. The van der Waals surface area contributed by atoms with Crippen LogP contribution in [0.5, 0.6) is 0 Å². The van der Waals surface area contributed by atoms with E-state index in [1.807, 2.05) is 6.07 Å². The number of carbonyl (C=O) groups is 2. The maximum Gasteiger partial charge on any atom is 0.418 e. The summed E-state index contributed by atoms with van der Waals surface area (Å²) in [5.74, 6) is -2.37. The SMILES string of the molecule is O=C(Nc1ccc(NC(=O)c2ccccc2F)cc1C(F)(F)F)c1cc2ccccc2s1. The second-order valence-electron chi connectivity index (χ2n) is 6.79. The number of carbonyl (C=O) groups excluding carboxylic acids is 2. The summed E-state index contributed by atoms with van der Waals surface area (Å²) in [5, 5.41) is 5.36. The number of alkyl halides is 3. The Kier molecular flexibility index (Phi) is 5.67. The zero-order valence-electron chi connectivity index (χ0n) is 16.2. The molecular weight excluding hydrogens is 444 g/mol. The van der Waals surface area contributed by atoms with Crippen molar-refractivity contribution in [2.24, 2.45) is 0 Å². The normalized spacial score (nSPS) is 11.4. The van der Waals surface area contributed by atoms with Gasteiger partial charge in [-0.2, -0.15) is 13.2 Å². The van der Waals surface area contributed by atoms with Crippen LogP contribution in [0.15, 0.2) is 72.8 Å². The van der Waals surface area contributed by atoms with Gasteiger partial charge in [0, 0.05) is 10.4 Å². The van der Waals surface area contributed by atoms with Crippen LogP contribution in [0.1, 0.15) is 25.6 Å².